The summed E-state index contributed by atoms with van der Waals surface area (Å²) < 4.78 is 11.3. The van der Waals surface area contributed by atoms with Gasteiger partial charge in [-0.25, -0.2) is 0 Å². The Balaban J connectivity index is 2.32. The lowest BCUT2D eigenvalue weighted by Gasteiger charge is -2.09. The van der Waals surface area contributed by atoms with Crippen LogP contribution in [0.1, 0.15) is 5.56 Å². The SMILES string of the molecule is CS(=O)Cc1cc(Nc2ccncc2[N+](=O)[O-])ccc1Cl. The Labute approximate surface area is 128 Å². The molecule has 0 aliphatic rings. The minimum atomic E-state index is -1.02. The first-order chi connectivity index (χ1) is 9.97. The highest BCUT2D eigenvalue weighted by Gasteiger charge is 2.14. The predicted octanol–water partition coefficient (Wildman–Crippen LogP) is 3.27. The Bertz CT molecular complexity index is 709. The maximum Gasteiger partial charge on any atom is 0.310 e. The van der Waals surface area contributed by atoms with Gasteiger partial charge < -0.3 is 5.32 Å². The third-order valence-corrected chi connectivity index (χ3v) is 3.77. The van der Waals surface area contributed by atoms with Crippen molar-refractivity contribution in [3.8, 4) is 0 Å². The second kappa shape index (κ2) is 6.64. The summed E-state index contributed by atoms with van der Waals surface area (Å²) >= 11 is 6.04. The third kappa shape index (κ3) is 3.99. The van der Waals surface area contributed by atoms with Crippen molar-refractivity contribution in [2.24, 2.45) is 0 Å². The highest BCUT2D eigenvalue weighted by Crippen LogP contribution is 2.28. The van der Waals surface area contributed by atoms with Crippen LogP contribution in [-0.2, 0) is 16.6 Å². The van der Waals surface area contributed by atoms with Crippen LogP contribution in [-0.4, -0.2) is 20.4 Å². The standard InChI is InChI=1S/C13H12ClN3O3S/c1-21(20)8-9-6-10(2-3-11(9)14)16-12-4-5-15-7-13(12)17(18)19/h2-7H,8H2,1H3,(H,15,16). The number of nitrogens with zero attached hydrogens (tertiary/aromatic N) is 2. The molecule has 6 nitrogen and oxygen atoms in total. The average Bonchev–Trinajstić information content (AvgIpc) is 2.42. The molecule has 0 saturated heterocycles. The maximum absolute atomic E-state index is 11.3. The van der Waals surface area contributed by atoms with E-state index in [4.69, 9.17) is 11.6 Å². The minimum absolute atomic E-state index is 0.118. The molecule has 8 heteroatoms. The number of anilines is 2. The van der Waals surface area contributed by atoms with Crippen molar-refractivity contribution in [1.82, 2.24) is 4.98 Å². The molecule has 1 heterocycles. The molecule has 1 N–H and O–H groups in total. The summed E-state index contributed by atoms with van der Waals surface area (Å²) in [4.78, 5) is 14.2. The smallest absolute Gasteiger partial charge is 0.310 e. The summed E-state index contributed by atoms with van der Waals surface area (Å²) in [5, 5.41) is 14.4. The van der Waals surface area contributed by atoms with E-state index in [0.717, 1.165) is 5.56 Å². The third-order valence-electron chi connectivity index (χ3n) is 2.68. The molecule has 1 aromatic carbocycles. The number of nitro groups is 1. The Morgan fingerprint density at radius 2 is 2.19 bits per heavy atom. The lowest BCUT2D eigenvalue weighted by molar-refractivity contribution is -0.384. The van der Waals surface area contributed by atoms with Crippen LogP contribution in [0.4, 0.5) is 17.1 Å². The van der Waals surface area contributed by atoms with E-state index in [1.807, 2.05) is 0 Å². The molecule has 0 amide bonds. The number of hydrogen-bond acceptors (Lipinski definition) is 5. The van der Waals surface area contributed by atoms with E-state index in [0.29, 0.717) is 22.2 Å². The highest BCUT2D eigenvalue weighted by atomic mass is 35.5. The summed E-state index contributed by atoms with van der Waals surface area (Å²) in [7, 11) is -1.02. The average molecular weight is 326 g/mol. The molecule has 2 rings (SSSR count). The van der Waals surface area contributed by atoms with Gasteiger partial charge in [0.25, 0.3) is 0 Å². The molecule has 2 aromatic rings. The highest BCUT2D eigenvalue weighted by molar-refractivity contribution is 7.83. The second-order valence-corrected chi connectivity index (χ2v) is 6.14. The van der Waals surface area contributed by atoms with Crippen LogP contribution in [0, 0.1) is 10.1 Å². The van der Waals surface area contributed by atoms with Gasteiger partial charge in [-0.3, -0.25) is 19.3 Å². The van der Waals surface area contributed by atoms with Crippen molar-refractivity contribution < 1.29 is 9.13 Å². The number of benzene rings is 1. The molecule has 0 fully saturated rings. The summed E-state index contributed by atoms with van der Waals surface area (Å²) in [6.07, 6.45) is 4.23. The molecule has 1 atom stereocenters. The first kappa shape index (κ1) is 15.4. The van der Waals surface area contributed by atoms with Crippen LogP contribution in [0.2, 0.25) is 5.02 Å². The number of pyridine rings is 1. The van der Waals surface area contributed by atoms with Crippen LogP contribution < -0.4 is 5.32 Å². The van der Waals surface area contributed by atoms with E-state index in [1.54, 1.807) is 24.5 Å². The summed E-state index contributed by atoms with van der Waals surface area (Å²) in [6.45, 7) is 0. The normalized spacial score (nSPS) is 11.9. The van der Waals surface area contributed by atoms with Crippen molar-refractivity contribution in [3.05, 3.63) is 57.4 Å². The minimum Gasteiger partial charge on any atom is -0.350 e. The fourth-order valence-corrected chi connectivity index (χ4v) is 2.72. The Morgan fingerprint density at radius 3 is 2.86 bits per heavy atom. The van der Waals surface area contributed by atoms with Crippen molar-refractivity contribution >= 4 is 39.5 Å². The Kier molecular flexibility index (Phi) is 4.87. The molecule has 0 spiro atoms. The van der Waals surface area contributed by atoms with Crippen molar-refractivity contribution in [1.29, 1.82) is 0 Å². The van der Waals surface area contributed by atoms with Gasteiger partial charge in [0.15, 0.2) is 0 Å². The number of hydrogen-bond donors (Lipinski definition) is 1. The molecule has 110 valence electrons. The quantitative estimate of drug-likeness (QED) is 0.673. The first-order valence-electron chi connectivity index (χ1n) is 5.91. The fourth-order valence-electron chi connectivity index (χ4n) is 1.77. The van der Waals surface area contributed by atoms with Crippen LogP contribution in [0.5, 0.6) is 0 Å². The molecule has 21 heavy (non-hydrogen) atoms. The van der Waals surface area contributed by atoms with E-state index in [-0.39, 0.29) is 5.69 Å². The largest absolute Gasteiger partial charge is 0.350 e. The van der Waals surface area contributed by atoms with Gasteiger partial charge in [-0.15, -0.1) is 0 Å². The molecule has 0 aliphatic carbocycles. The van der Waals surface area contributed by atoms with E-state index in [2.05, 4.69) is 10.3 Å². The van der Waals surface area contributed by atoms with Gasteiger partial charge in [-0.2, -0.15) is 0 Å². The summed E-state index contributed by atoms with van der Waals surface area (Å²) in [5.74, 6) is 0.326. The predicted molar refractivity (Wildman–Crippen MR) is 83.4 cm³/mol. The Hall–Kier alpha value is -1.99. The molecule has 0 bridgehead atoms. The zero-order valence-corrected chi connectivity index (χ0v) is 12.6. The van der Waals surface area contributed by atoms with Crippen LogP contribution >= 0.6 is 11.6 Å². The van der Waals surface area contributed by atoms with E-state index >= 15 is 0 Å². The molecule has 1 aromatic heterocycles. The lowest BCUT2D eigenvalue weighted by Crippen LogP contribution is -1.99. The number of nitrogens with one attached hydrogen (secondary N) is 1. The molecular formula is C13H12ClN3O3S. The number of rotatable bonds is 5. The van der Waals surface area contributed by atoms with Crippen molar-refractivity contribution in [2.75, 3.05) is 11.6 Å². The van der Waals surface area contributed by atoms with Gasteiger partial charge in [0.2, 0.25) is 0 Å². The monoisotopic (exact) mass is 325 g/mol. The summed E-state index contributed by atoms with van der Waals surface area (Å²) in [6, 6.07) is 6.62. The van der Waals surface area contributed by atoms with Crippen LogP contribution in [0.15, 0.2) is 36.7 Å². The van der Waals surface area contributed by atoms with E-state index < -0.39 is 15.7 Å². The number of aromatic nitrogens is 1. The second-order valence-electron chi connectivity index (χ2n) is 4.30. The van der Waals surface area contributed by atoms with Crippen LogP contribution in [0.25, 0.3) is 0 Å². The molecule has 0 aliphatic heterocycles. The first-order valence-corrected chi connectivity index (χ1v) is 8.02. The molecular weight excluding hydrogens is 314 g/mol. The van der Waals surface area contributed by atoms with Crippen molar-refractivity contribution in [2.45, 2.75) is 5.75 Å². The molecule has 0 saturated carbocycles. The van der Waals surface area contributed by atoms with E-state index in [1.165, 1.54) is 18.5 Å². The van der Waals surface area contributed by atoms with Gasteiger partial charge in [-0.05, 0) is 29.8 Å². The molecule has 1 unspecified atom stereocenters. The van der Waals surface area contributed by atoms with Gasteiger partial charge in [0, 0.05) is 39.7 Å². The zero-order chi connectivity index (χ0) is 15.4. The van der Waals surface area contributed by atoms with Gasteiger partial charge >= 0.3 is 5.69 Å². The zero-order valence-electron chi connectivity index (χ0n) is 11.1. The summed E-state index contributed by atoms with van der Waals surface area (Å²) in [5.41, 5.74) is 1.57. The fraction of sp³-hybridized carbons (Fsp3) is 0.154. The number of halogens is 1. The van der Waals surface area contributed by atoms with Gasteiger partial charge in [0.1, 0.15) is 11.9 Å². The molecule has 0 radical (unpaired) electrons. The van der Waals surface area contributed by atoms with Gasteiger partial charge in [0.05, 0.1) is 4.92 Å². The lowest BCUT2D eigenvalue weighted by atomic mass is 10.2. The maximum atomic E-state index is 11.3. The Morgan fingerprint density at radius 1 is 1.43 bits per heavy atom. The van der Waals surface area contributed by atoms with Crippen molar-refractivity contribution in [3.63, 3.8) is 0 Å². The van der Waals surface area contributed by atoms with E-state index in [9.17, 15) is 14.3 Å². The topological polar surface area (TPSA) is 85.1 Å². The van der Waals surface area contributed by atoms with Crippen LogP contribution in [0.3, 0.4) is 0 Å². The van der Waals surface area contributed by atoms with Gasteiger partial charge in [-0.1, -0.05) is 11.6 Å².